The highest BCUT2D eigenvalue weighted by Gasteiger charge is 2.48. The van der Waals surface area contributed by atoms with E-state index in [4.69, 9.17) is 5.11 Å². The zero-order valence-electron chi connectivity index (χ0n) is 10.6. The molecule has 0 bridgehead atoms. The van der Waals surface area contributed by atoms with Gasteiger partial charge in [0.2, 0.25) is 0 Å². The van der Waals surface area contributed by atoms with Crippen molar-refractivity contribution in [3.63, 3.8) is 0 Å². The molecule has 0 saturated heterocycles. The van der Waals surface area contributed by atoms with Gasteiger partial charge in [-0.3, -0.25) is 4.90 Å². The smallest absolute Gasteiger partial charge is 0.0558 e. The van der Waals surface area contributed by atoms with Crippen molar-refractivity contribution in [3.8, 4) is 0 Å². The van der Waals surface area contributed by atoms with Crippen LogP contribution in [0.25, 0.3) is 0 Å². The number of β-amino-alcohol motifs (C(OH)–C–C–N with tert-alkyl or cyclic N) is 1. The van der Waals surface area contributed by atoms with Crippen molar-refractivity contribution in [2.75, 3.05) is 19.7 Å². The van der Waals surface area contributed by atoms with Gasteiger partial charge in [0.25, 0.3) is 0 Å². The number of nitrogens with zero attached hydrogens (tertiary/aromatic N) is 1. The van der Waals surface area contributed by atoms with Gasteiger partial charge in [-0.25, -0.2) is 0 Å². The molecule has 1 aromatic carbocycles. The first-order chi connectivity index (χ1) is 8.27. The van der Waals surface area contributed by atoms with Crippen LogP contribution < -0.4 is 0 Å². The Labute approximate surface area is 103 Å². The van der Waals surface area contributed by atoms with E-state index in [0.717, 1.165) is 26.1 Å². The van der Waals surface area contributed by atoms with Crippen LogP contribution in [0.1, 0.15) is 36.5 Å². The Kier molecular flexibility index (Phi) is 2.72. The molecule has 1 aliphatic carbocycles. The minimum atomic E-state index is 0.277. The molecule has 0 amide bonds. The number of rotatable bonds is 3. The van der Waals surface area contributed by atoms with Gasteiger partial charge < -0.3 is 5.11 Å². The lowest BCUT2D eigenvalue weighted by Gasteiger charge is -2.35. The summed E-state index contributed by atoms with van der Waals surface area (Å²) in [5, 5.41) is 9.12. The van der Waals surface area contributed by atoms with E-state index in [1.165, 1.54) is 24.0 Å². The normalized spacial score (nSPS) is 21.5. The van der Waals surface area contributed by atoms with Crippen molar-refractivity contribution in [2.45, 2.75) is 38.1 Å². The van der Waals surface area contributed by atoms with E-state index in [2.05, 4.69) is 30.0 Å². The first-order valence-electron chi connectivity index (χ1n) is 6.73. The molecule has 1 N–H and O–H groups in total. The van der Waals surface area contributed by atoms with Gasteiger partial charge in [-0.2, -0.15) is 0 Å². The van der Waals surface area contributed by atoms with E-state index in [-0.39, 0.29) is 6.61 Å². The van der Waals surface area contributed by atoms with E-state index >= 15 is 0 Å². The lowest BCUT2D eigenvalue weighted by molar-refractivity contribution is 0.167. The minimum Gasteiger partial charge on any atom is -0.395 e. The van der Waals surface area contributed by atoms with E-state index in [9.17, 15) is 0 Å². The lowest BCUT2D eigenvalue weighted by Crippen LogP contribution is -2.39. The zero-order valence-corrected chi connectivity index (χ0v) is 10.6. The molecule has 1 saturated carbocycles. The molecule has 1 fully saturated rings. The second kappa shape index (κ2) is 4.11. The largest absolute Gasteiger partial charge is 0.395 e. The van der Waals surface area contributed by atoms with Crippen molar-refractivity contribution in [1.82, 2.24) is 4.90 Å². The maximum atomic E-state index is 9.12. The van der Waals surface area contributed by atoms with Crippen LogP contribution in [-0.4, -0.2) is 29.7 Å². The summed E-state index contributed by atoms with van der Waals surface area (Å²) < 4.78 is 0. The fourth-order valence-corrected chi connectivity index (χ4v) is 3.20. The molecule has 1 aromatic rings. The number of hydrogen-bond acceptors (Lipinski definition) is 2. The van der Waals surface area contributed by atoms with E-state index in [0.29, 0.717) is 5.41 Å². The highest BCUT2D eigenvalue weighted by Crippen LogP contribution is 2.52. The Morgan fingerprint density at radius 1 is 1.35 bits per heavy atom. The molecular weight excluding hydrogens is 210 g/mol. The second-order valence-corrected chi connectivity index (χ2v) is 5.56. The summed E-state index contributed by atoms with van der Waals surface area (Å²) in [6, 6.07) is 7.02. The topological polar surface area (TPSA) is 23.5 Å². The molecular formula is C15H21NO. The van der Waals surface area contributed by atoms with Crippen LogP contribution >= 0.6 is 0 Å². The highest BCUT2D eigenvalue weighted by atomic mass is 16.3. The Morgan fingerprint density at radius 2 is 2.18 bits per heavy atom. The number of aliphatic hydroxyl groups is 1. The SMILES string of the molecule is CCc1ccc2c(c1)CN(CCO)CC21CC1. The maximum absolute atomic E-state index is 9.12. The van der Waals surface area contributed by atoms with Crippen molar-refractivity contribution in [2.24, 2.45) is 0 Å². The standard InChI is InChI=1S/C15H21NO/c1-2-12-3-4-14-13(9-12)10-16(7-8-17)11-15(14)5-6-15/h3-4,9,17H,2,5-8,10-11H2,1H3. The molecule has 2 nitrogen and oxygen atoms in total. The van der Waals surface area contributed by atoms with Crippen LogP contribution in [0.5, 0.6) is 0 Å². The van der Waals surface area contributed by atoms with Gasteiger partial charge >= 0.3 is 0 Å². The lowest BCUT2D eigenvalue weighted by atomic mass is 9.86. The maximum Gasteiger partial charge on any atom is 0.0558 e. The molecule has 2 aliphatic rings. The molecule has 1 heterocycles. The summed E-state index contributed by atoms with van der Waals surface area (Å²) in [4.78, 5) is 2.41. The quantitative estimate of drug-likeness (QED) is 0.861. The fraction of sp³-hybridized carbons (Fsp3) is 0.600. The molecule has 3 rings (SSSR count). The predicted molar refractivity (Wildman–Crippen MR) is 69.1 cm³/mol. The summed E-state index contributed by atoms with van der Waals surface area (Å²) >= 11 is 0. The van der Waals surface area contributed by atoms with Crippen LogP contribution in [0.4, 0.5) is 0 Å². The fourth-order valence-electron chi connectivity index (χ4n) is 3.20. The van der Waals surface area contributed by atoms with Gasteiger partial charge in [-0.1, -0.05) is 25.1 Å². The average Bonchev–Trinajstić information content (AvgIpc) is 3.09. The third kappa shape index (κ3) is 1.90. The van der Waals surface area contributed by atoms with Crippen LogP contribution in [0.15, 0.2) is 18.2 Å². The minimum absolute atomic E-state index is 0.277. The Balaban J connectivity index is 1.94. The summed E-state index contributed by atoms with van der Waals surface area (Å²) in [7, 11) is 0. The number of fused-ring (bicyclic) bond motifs is 2. The van der Waals surface area contributed by atoms with Crippen LogP contribution in [-0.2, 0) is 18.4 Å². The number of hydrogen-bond donors (Lipinski definition) is 1. The van der Waals surface area contributed by atoms with Gasteiger partial charge in [-0.05, 0) is 36.0 Å². The first-order valence-corrected chi connectivity index (χ1v) is 6.73. The van der Waals surface area contributed by atoms with Gasteiger partial charge in [0.15, 0.2) is 0 Å². The molecule has 0 aromatic heterocycles. The van der Waals surface area contributed by atoms with Crippen LogP contribution in [0, 0.1) is 0 Å². The predicted octanol–water partition coefficient (Wildman–Crippen LogP) is 2.09. The number of aliphatic hydroxyl groups excluding tert-OH is 1. The third-order valence-electron chi connectivity index (χ3n) is 4.34. The van der Waals surface area contributed by atoms with Crippen molar-refractivity contribution >= 4 is 0 Å². The van der Waals surface area contributed by atoms with Gasteiger partial charge in [0.05, 0.1) is 6.61 Å². The summed E-state index contributed by atoms with van der Waals surface area (Å²) in [6.07, 6.45) is 3.76. The van der Waals surface area contributed by atoms with Gasteiger partial charge in [-0.15, -0.1) is 0 Å². The molecule has 17 heavy (non-hydrogen) atoms. The summed E-state index contributed by atoms with van der Waals surface area (Å²) in [6.45, 7) is 5.47. The Morgan fingerprint density at radius 3 is 2.82 bits per heavy atom. The monoisotopic (exact) mass is 231 g/mol. The van der Waals surface area contributed by atoms with E-state index < -0.39 is 0 Å². The average molecular weight is 231 g/mol. The Bertz CT molecular complexity index is 423. The third-order valence-corrected chi connectivity index (χ3v) is 4.34. The second-order valence-electron chi connectivity index (χ2n) is 5.56. The van der Waals surface area contributed by atoms with E-state index in [1.807, 2.05) is 0 Å². The molecule has 1 aliphatic heterocycles. The van der Waals surface area contributed by atoms with Gasteiger partial charge in [0, 0.05) is 25.0 Å². The van der Waals surface area contributed by atoms with Crippen LogP contribution in [0.2, 0.25) is 0 Å². The first kappa shape index (κ1) is 11.2. The summed E-state index contributed by atoms with van der Waals surface area (Å²) in [5.74, 6) is 0. The number of benzene rings is 1. The zero-order chi connectivity index (χ0) is 11.9. The molecule has 0 radical (unpaired) electrons. The van der Waals surface area contributed by atoms with Gasteiger partial charge in [0.1, 0.15) is 0 Å². The van der Waals surface area contributed by atoms with Crippen LogP contribution in [0.3, 0.4) is 0 Å². The Hall–Kier alpha value is -0.860. The van der Waals surface area contributed by atoms with Crippen molar-refractivity contribution < 1.29 is 5.11 Å². The van der Waals surface area contributed by atoms with Crippen molar-refractivity contribution in [3.05, 3.63) is 34.9 Å². The molecule has 0 atom stereocenters. The molecule has 92 valence electrons. The van der Waals surface area contributed by atoms with E-state index in [1.54, 1.807) is 5.56 Å². The molecule has 1 spiro atoms. The molecule has 0 unspecified atom stereocenters. The highest BCUT2D eigenvalue weighted by molar-refractivity contribution is 5.43. The number of aryl methyl sites for hydroxylation is 1. The molecule has 2 heteroatoms. The summed E-state index contributed by atoms with van der Waals surface area (Å²) in [5.41, 5.74) is 4.96. The van der Waals surface area contributed by atoms with Crippen molar-refractivity contribution in [1.29, 1.82) is 0 Å².